The van der Waals surface area contributed by atoms with Gasteiger partial charge in [0.1, 0.15) is 0 Å². The maximum absolute atomic E-state index is 11.9. The molecule has 1 aromatic carbocycles. The number of hydrogen-bond donors (Lipinski definition) is 1. The van der Waals surface area contributed by atoms with Gasteiger partial charge in [-0.05, 0) is 29.8 Å². The highest BCUT2D eigenvalue weighted by Crippen LogP contribution is 2.19. The molecule has 5 nitrogen and oxygen atoms in total. The minimum absolute atomic E-state index is 0.126. The van der Waals surface area contributed by atoms with Crippen LogP contribution in [0.4, 0.5) is 0 Å². The summed E-state index contributed by atoms with van der Waals surface area (Å²) in [4.78, 5) is 11.9. The Morgan fingerprint density at radius 3 is 3.00 bits per heavy atom. The lowest BCUT2D eigenvalue weighted by Gasteiger charge is -2.05. The van der Waals surface area contributed by atoms with Gasteiger partial charge in [0.15, 0.2) is 0 Å². The van der Waals surface area contributed by atoms with E-state index in [1.807, 2.05) is 25.4 Å². The molecule has 0 bridgehead atoms. The van der Waals surface area contributed by atoms with Gasteiger partial charge in [0.2, 0.25) is 0 Å². The van der Waals surface area contributed by atoms with Crippen molar-refractivity contribution in [2.24, 2.45) is 7.05 Å². The molecule has 19 heavy (non-hydrogen) atoms. The Labute approximate surface area is 112 Å². The van der Waals surface area contributed by atoms with Gasteiger partial charge in [-0.3, -0.25) is 9.48 Å². The van der Waals surface area contributed by atoms with Crippen molar-refractivity contribution in [1.82, 2.24) is 15.1 Å². The average molecular weight is 258 g/mol. The van der Waals surface area contributed by atoms with Crippen molar-refractivity contribution in [2.45, 2.75) is 0 Å². The quantitative estimate of drug-likeness (QED) is 0.821. The minimum Gasteiger partial charge on any atom is -0.383 e. The van der Waals surface area contributed by atoms with Crippen LogP contribution < -0.4 is 5.32 Å². The lowest BCUT2D eigenvalue weighted by Crippen LogP contribution is -2.26. The summed E-state index contributed by atoms with van der Waals surface area (Å²) < 4.78 is 6.61. The highest BCUT2D eigenvalue weighted by atomic mass is 16.5. The number of nitrogens with zero attached hydrogens (tertiary/aromatic N) is 2. The fraction of sp³-hybridized carbons (Fsp3) is 0.286. The van der Waals surface area contributed by atoms with Gasteiger partial charge < -0.3 is 10.1 Å². The Bertz CT molecular complexity index is 563. The molecule has 0 aliphatic rings. The monoisotopic (exact) mass is 258 g/mol. The van der Waals surface area contributed by atoms with Crippen molar-refractivity contribution in [3.63, 3.8) is 0 Å². The van der Waals surface area contributed by atoms with E-state index in [4.69, 9.17) is 4.74 Å². The first-order valence-electron chi connectivity index (χ1n) is 5.98. The van der Waals surface area contributed by atoms with Crippen molar-refractivity contribution in [1.29, 1.82) is 0 Å². The zero-order valence-corrected chi connectivity index (χ0v) is 11.0. The summed E-state index contributed by atoms with van der Waals surface area (Å²) in [6.45, 7) is 0.990. The molecule has 2 aromatic rings. The van der Waals surface area contributed by atoms with Gasteiger partial charge >= 0.3 is 0 Å². The van der Waals surface area contributed by atoms with Gasteiger partial charge in [0.05, 0.1) is 12.8 Å². The number of amides is 1. The number of aryl methyl sites for hydroxylation is 1. The van der Waals surface area contributed by atoms with E-state index >= 15 is 0 Å². The lowest BCUT2D eigenvalue weighted by molar-refractivity contribution is 0.0937. The van der Waals surface area contributed by atoms with Crippen LogP contribution in [0.3, 0.4) is 0 Å². The number of hydrogen-bond acceptors (Lipinski definition) is 3. The average Bonchev–Trinajstić information content (AvgIpc) is 2.86. The number of rotatable bonds is 5. The number of ether oxygens (including phenoxy) is 1. The Hall–Kier alpha value is -2.14. The van der Waals surface area contributed by atoms with Crippen LogP contribution in [0.15, 0.2) is 30.6 Å². The normalized spacial score (nSPS) is 10.4. The van der Waals surface area contributed by atoms with Crippen molar-refractivity contribution in [3.8, 4) is 11.1 Å². The topological polar surface area (TPSA) is 56.1 Å². The summed E-state index contributed by atoms with van der Waals surface area (Å²) in [5, 5.41) is 6.89. The van der Waals surface area contributed by atoms with Crippen molar-refractivity contribution >= 4 is 5.91 Å². The highest BCUT2D eigenvalue weighted by Gasteiger charge is 2.07. The maximum atomic E-state index is 11.9. The molecule has 0 unspecified atom stereocenters. The van der Waals surface area contributed by atoms with Crippen LogP contribution >= 0.6 is 0 Å². The van der Waals surface area contributed by atoms with Crippen LogP contribution in [-0.4, -0.2) is 35.9 Å². The van der Waals surface area contributed by atoms with Gasteiger partial charge in [0.25, 0.3) is 5.91 Å². The Morgan fingerprint density at radius 1 is 1.47 bits per heavy atom. The smallest absolute Gasteiger partial charge is 0.251 e. The van der Waals surface area contributed by atoms with E-state index < -0.39 is 0 Å². The number of aromatic nitrogens is 2. The fourth-order valence-electron chi connectivity index (χ4n) is 1.71. The summed E-state index contributed by atoms with van der Waals surface area (Å²) in [5.74, 6) is -0.126. The van der Waals surface area contributed by atoms with Gasteiger partial charge in [-0.25, -0.2) is 0 Å². The molecule has 1 radical (unpaired) electrons. The highest BCUT2D eigenvalue weighted by molar-refractivity contribution is 5.95. The van der Waals surface area contributed by atoms with Crippen molar-refractivity contribution in [3.05, 3.63) is 42.2 Å². The summed E-state index contributed by atoms with van der Waals surface area (Å²) in [6, 6.07) is 8.31. The molecule has 99 valence electrons. The minimum atomic E-state index is -0.126. The second-order valence-electron chi connectivity index (χ2n) is 4.16. The van der Waals surface area contributed by atoms with Crippen molar-refractivity contribution in [2.75, 3.05) is 20.3 Å². The third kappa shape index (κ3) is 3.42. The summed E-state index contributed by atoms with van der Waals surface area (Å²) >= 11 is 0. The first kappa shape index (κ1) is 13.3. The van der Waals surface area contributed by atoms with Crippen LogP contribution in [0.5, 0.6) is 0 Å². The van der Waals surface area contributed by atoms with Crippen LogP contribution in [0.25, 0.3) is 11.1 Å². The van der Waals surface area contributed by atoms with Crippen LogP contribution in [0, 0.1) is 6.07 Å². The Kier molecular flexibility index (Phi) is 4.30. The predicted octanol–water partition coefficient (Wildman–Crippen LogP) is 1.26. The van der Waals surface area contributed by atoms with E-state index in [9.17, 15) is 4.79 Å². The molecule has 0 fully saturated rings. The maximum Gasteiger partial charge on any atom is 0.251 e. The predicted molar refractivity (Wildman–Crippen MR) is 71.7 cm³/mol. The number of carbonyl (C=O) groups excluding carboxylic acids is 1. The lowest BCUT2D eigenvalue weighted by atomic mass is 10.1. The number of methoxy groups -OCH3 is 1. The molecule has 0 saturated carbocycles. The standard InChI is InChI=1S/C14H16N3O2/c1-17-10-13(9-16-17)11-4-3-5-12(8-11)14(18)15-6-7-19-2/h4-5,8-10H,6-7H2,1-2H3,(H,15,18). The first-order chi connectivity index (χ1) is 9.20. The third-order valence-corrected chi connectivity index (χ3v) is 2.68. The fourth-order valence-corrected chi connectivity index (χ4v) is 1.71. The van der Waals surface area contributed by atoms with E-state index in [0.717, 1.165) is 11.1 Å². The van der Waals surface area contributed by atoms with Gasteiger partial charge in [-0.15, -0.1) is 0 Å². The van der Waals surface area contributed by atoms with E-state index in [-0.39, 0.29) is 5.91 Å². The largest absolute Gasteiger partial charge is 0.383 e. The van der Waals surface area contributed by atoms with Crippen molar-refractivity contribution < 1.29 is 9.53 Å². The Balaban J connectivity index is 2.13. The molecule has 5 heteroatoms. The molecule has 0 aliphatic carbocycles. The van der Waals surface area contributed by atoms with Crippen LogP contribution in [0.2, 0.25) is 0 Å². The molecular formula is C14H16N3O2. The molecule has 0 atom stereocenters. The van der Waals surface area contributed by atoms with E-state index in [0.29, 0.717) is 18.7 Å². The number of carbonyl (C=O) groups is 1. The summed E-state index contributed by atoms with van der Waals surface area (Å²) in [6.07, 6.45) is 3.66. The molecule has 0 aliphatic heterocycles. The van der Waals surface area contributed by atoms with Gasteiger partial charge in [0, 0.05) is 38.0 Å². The van der Waals surface area contributed by atoms with Gasteiger partial charge in [-0.1, -0.05) is 0 Å². The second-order valence-corrected chi connectivity index (χ2v) is 4.16. The first-order valence-corrected chi connectivity index (χ1v) is 5.98. The summed E-state index contributed by atoms with van der Waals surface area (Å²) in [7, 11) is 3.46. The van der Waals surface area contributed by atoms with E-state index in [2.05, 4.69) is 16.5 Å². The molecule has 1 amide bonds. The van der Waals surface area contributed by atoms with Crippen LogP contribution in [0.1, 0.15) is 10.4 Å². The van der Waals surface area contributed by atoms with E-state index in [1.165, 1.54) is 0 Å². The third-order valence-electron chi connectivity index (χ3n) is 2.68. The number of nitrogens with one attached hydrogen (secondary N) is 1. The molecular weight excluding hydrogens is 242 g/mol. The zero-order chi connectivity index (χ0) is 13.7. The summed E-state index contributed by atoms with van der Waals surface area (Å²) in [5.41, 5.74) is 2.47. The molecule has 0 spiro atoms. The molecule has 1 aromatic heterocycles. The van der Waals surface area contributed by atoms with Crippen LogP contribution in [-0.2, 0) is 11.8 Å². The molecule has 1 heterocycles. The zero-order valence-electron chi connectivity index (χ0n) is 11.0. The van der Waals surface area contributed by atoms with E-state index in [1.54, 1.807) is 24.1 Å². The molecule has 0 saturated heterocycles. The SMILES string of the molecule is COCCNC(=O)c1c[c]cc(-c2cnn(C)c2)c1. The second kappa shape index (κ2) is 6.15. The molecule has 1 N–H and O–H groups in total. The van der Waals surface area contributed by atoms with Gasteiger partial charge in [-0.2, -0.15) is 5.10 Å². The molecule has 2 rings (SSSR count). The Morgan fingerprint density at radius 2 is 2.32 bits per heavy atom. The number of benzene rings is 1.